The van der Waals surface area contributed by atoms with Crippen LogP contribution in [0.4, 0.5) is 0 Å². The lowest BCUT2D eigenvalue weighted by atomic mass is 10.1. The van der Waals surface area contributed by atoms with E-state index in [9.17, 15) is 5.11 Å². The Labute approximate surface area is 125 Å². The van der Waals surface area contributed by atoms with E-state index >= 15 is 0 Å². The van der Waals surface area contributed by atoms with Crippen LogP contribution in [0.5, 0.6) is 0 Å². The summed E-state index contributed by atoms with van der Waals surface area (Å²) in [5.41, 5.74) is 0. The quantitative estimate of drug-likeness (QED) is 0.368. The van der Waals surface area contributed by atoms with Gasteiger partial charge in [-0.05, 0) is 33.1 Å². The Morgan fingerprint density at radius 3 is 2.65 bits per heavy atom. The number of hydrogen-bond acceptors (Lipinski definition) is 2. The highest BCUT2D eigenvalue weighted by Crippen LogP contribution is 2.26. The van der Waals surface area contributed by atoms with Gasteiger partial charge in [0.2, 0.25) is 0 Å². The number of aliphatic imine (C=N–C) groups is 1. The Hall–Kier alpha value is -0.670. The van der Waals surface area contributed by atoms with E-state index < -0.39 is 0 Å². The first-order valence-corrected chi connectivity index (χ1v) is 8.34. The first-order chi connectivity index (χ1) is 9.67. The molecule has 0 saturated carbocycles. The third-order valence-electron chi connectivity index (χ3n) is 4.69. The van der Waals surface area contributed by atoms with Crippen LogP contribution in [-0.4, -0.2) is 41.3 Å². The first-order valence-electron chi connectivity index (χ1n) is 8.34. The van der Waals surface area contributed by atoms with E-state index in [1.54, 1.807) is 0 Å². The van der Waals surface area contributed by atoms with Gasteiger partial charge in [0.25, 0.3) is 0 Å². The van der Waals surface area contributed by atoms with Gasteiger partial charge < -0.3 is 5.11 Å². The maximum Gasteiger partial charge on any atom is 0.189 e. The van der Waals surface area contributed by atoms with Crippen molar-refractivity contribution in [1.82, 2.24) is 0 Å². The van der Waals surface area contributed by atoms with Gasteiger partial charge in [0, 0.05) is 13.3 Å². The molecule has 1 aliphatic heterocycles. The highest BCUT2D eigenvalue weighted by molar-refractivity contribution is 5.60. The minimum absolute atomic E-state index is 0.281. The Morgan fingerprint density at radius 2 is 2.00 bits per heavy atom. The number of nitrogens with zero attached hydrogens (tertiary/aromatic N) is 2. The lowest BCUT2D eigenvalue weighted by molar-refractivity contribution is -0.976. The normalized spacial score (nSPS) is 27.5. The van der Waals surface area contributed by atoms with E-state index in [4.69, 9.17) is 0 Å². The van der Waals surface area contributed by atoms with Crippen LogP contribution in [0.3, 0.4) is 0 Å². The standard InChI is InChI=1S/C17H33N2O/c1-4-6-7-8-9-10-11-12-13-17-18-14-15-19(17,5-2)16(3)20/h4,6,14,16-17,20H,5,7-13,15H2,1-3H3/q+1/b6-4+. The number of hydrogen-bond donors (Lipinski definition) is 1. The van der Waals surface area contributed by atoms with Crippen LogP contribution in [0.1, 0.15) is 65.7 Å². The van der Waals surface area contributed by atoms with E-state index in [0.717, 1.165) is 24.0 Å². The topological polar surface area (TPSA) is 32.6 Å². The summed E-state index contributed by atoms with van der Waals surface area (Å²) >= 11 is 0. The Morgan fingerprint density at radius 1 is 1.30 bits per heavy atom. The predicted octanol–water partition coefficient (Wildman–Crippen LogP) is 3.88. The second-order valence-electron chi connectivity index (χ2n) is 5.96. The predicted molar refractivity (Wildman–Crippen MR) is 86.8 cm³/mol. The second kappa shape index (κ2) is 9.30. The number of aliphatic hydroxyl groups is 1. The van der Waals surface area contributed by atoms with Crippen molar-refractivity contribution in [3.63, 3.8) is 0 Å². The van der Waals surface area contributed by atoms with Gasteiger partial charge in [-0.15, -0.1) is 0 Å². The average Bonchev–Trinajstić information content (AvgIpc) is 2.86. The van der Waals surface area contributed by atoms with Gasteiger partial charge in [0.15, 0.2) is 12.4 Å². The van der Waals surface area contributed by atoms with E-state index in [1.807, 2.05) is 13.1 Å². The fraction of sp³-hybridized carbons (Fsp3) is 0.824. The molecule has 0 aliphatic carbocycles. The smallest absolute Gasteiger partial charge is 0.189 e. The monoisotopic (exact) mass is 281 g/mol. The number of aliphatic hydroxyl groups excluding tert-OH is 1. The largest absolute Gasteiger partial charge is 0.345 e. The summed E-state index contributed by atoms with van der Waals surface area (Å²) in [6.45, 7) is 8.01. The van der Waals surface area contributed by atoms with Crippen molar-refractivity contribution in [1.29, 1.82) is 0 Å². The summed E-state index contributed by atoms with van der Waals surface area (Å²) in [6, 6.07) is 0. The van der Waals surface area contributed by atoms with Gasteiger partial charge in [-0.2, -0.15) is 0 Å². The molecule has 0 spiro atoms. The van der Waals surface area contributed by atoms with E-state index in [1.165, 1.54) is 38.5 Å². The Kier molecular flexibility index (Phi) is 8.08. The van der Waals surface area contributed by atoms with Crippen LogP contribution in [0.25, 0.3) is 0 Å². The van der Waals surface area contributed by atoms with Crippen LogP contribution in [-0.2, 0) is 0 Å². The van der Waals surface area contributed by atoms with Crippen molar-refractivity contribution in [2.45, 2.75) is 78.1 Å². The van der Waals surface area contributed by atoms with Crippen LogP contribution in [0.15, 0.2) is 17.1 Å². The lowest BCUT2D eigenvalue weighted by Crippen LogP contribution is -2.57. The highest BCUT2D eigenvalue weighted by Gasteiger charge is 2.41. The molecule has 1 rings (SSSR count). The Bertz CT molecular complexity index is 312. The summed E-state index contributed by atoms with van der Waals surface area (Å²) < 4.78 is 0.737. The summed E-state index contributed by atoms with van der Waals surface area (Å²) in [6.07, 6.45) is 15.2. The SMILES string of the molecule is C/C=C/CCCCCCCC1N=CC[N+]1(CC)C(C)O. The summed E-state index contributed by atoms with van der Waals surface area (Å²) in [7, 11) is 0. The summed E-state index contributed by atoms with van der Waals surface area (Å²) in [5.74, 6) is 0. The number of allylic oxidation sites excluding steroid dienone is 2. The number of quaternary nitrogens is 1. The molecular formula is C17H33N2O+. The molecule has 0 aromatic heterocycles. The summed E-state index contributed by atoms with van der Waals surface area (Å²) in [4.78, 5) is 4.62. The van der Waals surface area contributed by atoms with Crippen LogP contribution < -0.4 is 0 Å². The molecule has 3 atom stereocenters. The minimum Gasteiger partial charge on any atom is -0.345 e. The molecule has 3 heteroatoms. The summed E-state index contributed by atoms with van der Waals surface area (Å²) in [5, 5.41) is 10.1. The molecule has 3 nitrogen and oxygen atoms in total. The molecule has 1 heterocycles. The maximum absolute atomic E-state index is 10.1. The molecule has 3 unspecified atom stereocenters. The maximum atomic E-state index is 10.1. The third-order valence-corrected chi connectivity index (χ3v) is 4.69. The zero-order chi connectivity index (χ0) is 14.8. The van der Waals surface area contributed by atoms with Crippen molar-refractivity contribution in [3.05, 3.63) is 12.2 Å². The highest BCUT2D eigenvalue weighted by atomic mass is 16.3. The molecule has 116 valence electrons. The zero-order valence-corrected chi connectivity index (χ0v) is 13.6. The van der Waals surface area contributed by atoms with Crippen LogP contribution in [0.2, 0.25) is 0 Å². The average molecular weight is 281 g/mol. The molecule has 0 fully saturated rings. The first kappa shape index (κ1) is 17.4. The van der Waals surface area contributed by atoms with Gasteiger partial charge in [-0.1, -0.05) is 31.4 Å². The molecule has 20 heavy (non-hydrogen) atoms. The van der Waals surface area contributed by atoms with Crippen molar-refractivity contribution in [2.24, 2.45) is 4.99 Å². The van der Waals surface area contributed by atoms with Gasteiger partial charge >= 0.3 is 0 Å². The molecule has 0 radical (unpaired) electrons. The van der Waals surface area contributed by atoms with Crippen molar-refractivity contribution >= 4 is 6.21 Å². The second-order valence-corrected chi connectivity index (χ2v) is 5.96. The Balaban J connectivity index is 2.19. The van der Waals surface area contributed by atoms with Crippen LogP contribution >= 0.6 is 0 Å². The fourth-order valence-corrected chi connectivity index (χ4v) is 3.20. The van der Waals surface area contributed by atoms with Crippen molar-refractivity contribution in [3.8, 4) is 0 Å². The van der Waals surface area contributed by atoms with Gasteiger partial charge in [-0.25, -0.2) is 4.99 Å². The molecule has 0 bridgehead atoms. The lowest BCUT2D eigenvalue weighted by Gasteiger charge is -2.40. The van der Waals surface area contributed by atoms with Crippen molar-refractivity contribution in [2.75, 3.05) is 13.1 Å². The molecule has 0 saturated heterocycles. The van der Waals surface area contributed by atoms with Gasteiger partial charge in [0.1, 0.15) is 6.54 Å². The van der Waals surface area contributed by atoms with E-state index in [-0.39, 0.29) is 12.4 Å². The number of unbranched alkanes of at least 4 members (excludes halogenated alkanes) is 5. The van der Waals surface area contributed by atoms with E-state index in [0.29, 0.717) is 0 Å². The van der Waals surface area contributed by atoms with Gasteiger partial charge in [0.05, 0.1) is 12.8 Å². The molecule has 0 aromatic carbocycles. The zero-order valence-electron chi connectivity index (χ0n) is 13.6. The third kappa shape index (κ3) is 4.71. The molecule has 1 aliphatic rings. The fourth-order valence-electron chi connectivity index (χ4n) is 3.20. The minimum atomic E-state index is -0.312. The van der Waals surface area contributed by atoms with Gasteiger partial charge in [-0.3, -0.25) is 4.48 Å². The molecule has 1 N–H and O–H groups in total. The van der Waals surface area contributed by atoms with Crippen molar-refractivity contribution < 1.29 is 9.59 Å². The molecular weight excluding hydrogens is 248 g/mol. The number of rotatable bonds is 10. The molecule has 0 amide bonds. The molecule has 0 aromatic rings. The van der Waals surface area contributed by atoms with E-state index in [2.05, 4.69) is 31.0 Å². The van der Waals surface area contributed by atoms with Crippen LogP contribution in [0, 0.1) is 0 Å².